The number of fused-ring (bicyclic) bond motifs is 1. The highest BCUT2D eigenvalue weighted by molar-refractivity contribution is 7.90. The van der Waals surface area contributed by atoms with Crippen molar-refractivity contribution in [3.8, 4) is 10.6 Å². The Kier molecular flexibility index (Phi) is 8.01. The van der Waals surface area contributed by atoms with Crippen molar-refractivity contribution >= 4 is 43.2 Å². The number of halogens is 3. The number of aromatic nitrogens is 4. The Morgan fingerprint density at radius 3 is 2.45 bits per heavy atom. The van der Waals surface area contributed by atoms with Gasteiger partial charge in [0.25, 0.3) is 0 Å². The molecule has 4 aromatic rings. The van der Waals surface area contributed by atoms with Crippen molar-refractivity contribution in [3.05, 3.63) is 58.8 Å². The highest BCUT2D eigenvalue weighted by atomic mass is 32.2. The molecule has 0 saturated heterocycles. The normalized spacial score (nSPS) is 22.1. The summed E-state index contributed by atoms with van der Waals surface area (Å²) in [5.41, 5.74) is 2.35. The molecule has 1 aromatic carbocycles. The fourth-order valence-corrected chi connectivity index (χ4v) is 7.93. The summed E-state index contributed by atoms with van der Waals surface area (Å²) in [7, 11) is -1.90. The molecule has 15 heteroatoms. The van der Waals surface area contributed by atoms with Gasteiger partial charge in [0.15, 0.2) is 0 Å². The Hall–Kier alpha value is -3.40. The zero-order chi connectivity index (χ0) is 31.5. The Morgan fingerprint density at radius 1 is 1.09 bits per heavy atom. The van der Waals surface area contributed by atoms with Crippen LogP contribution in [0.4, 0.5) is 24.9 Å². The maximum Gasteiger partial charge on any atom is 0.227 e. The van der Waals surface area contributed by atoms with Crippen molar-refractivity contribution in [1.29, 1.82) is 0 Å². The zero-order valence-corrected chi connectivity index (χ0v) is 25.8. The number of pyridine rings is 1. The highest BCUT2D eigenvalue weighted by Crippen LogP contribution is 2.44. The molecule has 44 heavy (non-hydrogen) atoms. The number of nitrogens with zero attached hydrogens (tertiary/aromatic N) is 5. The number of hydrogen-bond acceptors (Lipinski definition) is 11. The predicted octanol–water partition coefficient (Wildman–Crippen LogP) is 3.95. The minimum atomic E-state index is -3.43. The number of aliphatic hydroxyl groups excluding tert-OH is 2. The quantitative estimate of drug-likeness (QED) is 0.244. The average molecular weight is 649 g/mol. The van der Waals surface area contributed by atoms with Crippen molar-refractivity contribution in [2.24, 2.45) is 5.92 Å². The van der Waals surface area contributed by atoms with Crippen LogP contribution >= 0.6 is 11.3 Å². The van der Waals surface area contributed by atoms with Crippen LogP contribution in [0.2, 0.25) is 0 Å². The molecule has 0 aliphatic heterocycles. The Morgan fingerprint density at radius 2 is 1.80 bits per heavy atom. The fourth-order valence-electron chi connectivity index (χ4n) is 5.75. The molecule has 0 spiro atoms. The van der Waals surface area contributed by atoms with Gasteiger partial charge in [-0.3, -0.25) is 4.98 Å². The summed E-state index contributed by atoms with van der Waals surface area (Å²) in [5.74, 6) is -3.44. The van der Waals surface area contributed by atoms with Crippen molar-refractivity contribution in [1.82, 2.24) is 19.9 Å². The molecule has 10 nitrogen and oxygen atoms in total. The predicted molar refractivity (Wildman–Crippen MR) is 161 cm³/mol. The van der Waals surface area contributed by atoms with Gasteiger partial charge in [-0.2, -0.15) is 4.98 Å². The van der Waals surface area contributed by atoms with E-state index < -0.39 is 51.5 Å². The van der Waals surface area contributed by atoms with Crippen molar-refractivity contribution < 1.29 is 31.8 Å². The van der Waals surface area contributed by atoms with E-state index in [9.17, 15) is 31.8 Å². The minimum Gasteiger partial charge on any atom is -0.390 e. The van der Waals surface area contributed by atoms with E-state index >= 15 is 0 Å². The van der Waals surface area contributed by atoms with Crippen LogP contribution in [0.15, 0.2) is 24.4 Å². The van der Waals surface area contributed by atoms with Crippen LogP contribution in [0, 0.1) is 30.3 Å². The summed E-state index contributed by atoms with van der Waals surface area (Å²) in [6, 6.07) is 2.32. The SMILES string of the molecule is Cc1nc(N(C)Cc2c(F)cc(F)cc2F)nc(N[C@@H]2C[C@H](CS(C)(=O)=O)[C@@H](O)[C@H]2O)c1-c1nc2c(C3CC3)nccc2s1. The van der Waals surface area contributed by atoms with Gasteiger partial charge in [0.05, 0.1) is 46.1 Å². The Labute approximate surface area is 255 Å². The lowest BCUT2D eigenvalue weighted by molar-refractivity contribution is 0.0216. The first-order chi connectivity index (χ1) is 20.8. The highest BCUT2D eigenvalue weighted by Gasteiger charge is 2.43. The molecule has 0 bridgehead atoms. The van der Waals surface area contributed by atoms with E-state index in [-0.39, 0.29) is 36.0 Å². The van der Waals surface area contributed by atoms with E-state index in [0.717, 1.165) is 35.0 Å². The lowest BCUT2D eigenvalue weighted by Gasteiger charge is -2.24. The largest absolute Gasteiger partial charge is 0.390 e. The van der Waals surface area contributed by atoms with Crippen molar-refractivity contribution in [2.45, 2.75) is 56.9 Å². The smallest absolute Gasteiger partial charge is 0.227 e. The number of rotatable bonds is 9. The molecule has 0 unspecified atom stereocenters. The van der Waals surface area contributed by atoms with Crippen LogP contribution in [-0.4, -0.2) is 75.9 Å². The number of hydrogen-bond donors (Lipinski definition) is 3. The molecule has 6 rings (SSSR count). The topological polar surface area (TPSA) is 141 Å². The average Bonchev–Trinajstić information content (AvgIpc) is 3.64. The summed E-state index contributed by atoms with van der Waals surface area (Å²) < 4.78 is 67.3. The lowest BCUT2D eigenvalue weighted by atomic mass is 10.1. The van der Waals surface area contributed by atoms with E-state index in [1.807, 2.05) is 6.07 Å². The van der Waals surface area contributed by atoms with Gasteiger partial charge in [-0.25, -0.2) is 31.6 Å². The van der Waals surface area contributed by atoms with E-state index in [1.165, 1.54) is 23.3 Å². The second-order valence-corrected chi connectivity index (χ2v) is 14.9. The summed E-state index contributed by atoms with van der Waals surface area (Å²) in [6.07, 6.45) is 2.48. The molecule has 2 aliphatic rings. The molecule has 3 aromatic heterocycles. The van der Waals surface area contributed by atoms with E-state index in [4.69, 9.17) is 4.98 Å². The maximum absolute atomic E-state index is 14.5. The Balaban J connectivity index is 1.41. The third-order valence-electron chi connectivity index (χ3n) is 8.07. The number of nitrogens with one attached hydrogen (secondary N) is 1. The molecule has 2 aliphatic carbocycles. The molecule has 3 heterocycles. The second-order valence-electron chi connectivity index (χ2n) is 11.7. The number of benzene rings is 1. The van der Waals surface area contributed by atoms with Crippen LogP contribution in [-0.2, 0) is 16.4 Å². The maximum atomic E-state index is 14.5. The van der Waals surface area contributed by atoms with Crippen LogP contribution in [0.1, 0.15) is 42.1 Å². The summed E-state index contributed by atoms with van der Waals surface area (Å²) in [4.78, 5) is 20.1. The monoisotopic (exact) mass is 648 g/mol. The molecule has 2 fully saturated rings. The first kappa shape index (κ1) is 30.6. The third-order valence-corrected chi connectivity index (χ3v) is 10.1. The second kappa shape index (κ2) is 11.5. The van der Waals surface area contributed by atoms with Gasteiger partial charge in [0.1, 0.15) is 49.7 Å². The molecule has 0 amide bonds. The van der Waals surface area contributed by atoms with Gasteiger partial charge < -0.3 is 20.4 Å². The van der Waals surface area contributed by atoms with Crippen molar-refractivity contribution in [3.63, 3.8) is 0 Å². The molecule has 4 atom stereocenters. The summed E-state index contributed by atoms with van der Waals surface area (Å²) in [6.45, 7) is 1.42. The summed E-state index contributed by atoms with van der Waals surface area (Å²) >= 11 is 1.42. The molecular weight excluding hydrogens is 617 g/mol. The van der Waals surface area contributed by atoms with Gasteiger partial charge in [-0.05, 0) is 32.3 Å². The first-order valence-electron chi connectivity index (χ1n) is 14.1. The number of anilines is 2. The van der Waals surface area contributed by atoms with Crippen LogP contribution in [0.3, 0.4) is 0 Å². The summed E-state index contributed by atoms with van der Waals surface area (Å²) in [5, 5.41) is 25.3. The molecule has 0 radical (unpaired) electrons. The fraction of sp³-hybridized carbons (Fsp3) is 0.448. The molecule has 3 N–H and O–H groups in total. The molecule has 234 valence electrons. The third kappa shape index (κ3) is 6.10. The van der Waals surface area contributed by atoms with E-state index in [1.54, 1.807) is 13.1 Å². The van der Waals surface area contributed by atoms with Gasteiger partial charge in [-0.1, -0.05) is 0 Å². The van der Waals surface area contributed by atoms with Crippen LogP contribution < -0.4 is 10.2 Å². The Bertz CT molecular complexity index is 1830. The van der Waals surface area contributed by atoms with Gasteiger partial charge in [0.2, 0.25) is 5.95 Å². The zero-order valence-electron chi connectivity index (χ0n) is 24.1. The first-order valence-corrected chi connectivity index (χ1v) is 17.0. The number of aryl methyl sites for hydroxylation is 1. The van der Waals surface area contributed by atoms with Gasteiger partial charge in [0, 0.05) is 49.0 Å². The number of thiazole rings is 1. The number of aliphatic hydroxyl groups is 2. The standard InChI is InChI=1S/C29H31F3N6O4S2/c1-13-22(28-36-24-21(43-28)6-7-33-23(24)14-4-5-14)27(35-20-8-15(12-44(3,41)42)25(39)26(20)40)37-29(34-13)38(2)11-17-18(31)9-16(30)10-19(17)32/h6-7,9-10,14-15,20,25-26,39-40H,4-5,8,11-12H2,1-3H3,(H,34,35,37)/t15-,20-,25-,26+/m1/s1. The van der Waals surface area contributed by atoms with Gasteiger partial charge >= 0.3 is 0 Å². The van der Waals surface area contributed by atoms with E-state index in [0.29, 0.717) is 34.3 Å². The van der Waals surface area contributed by atoms with Gasteiger partial charge in [-0.15, -0.1) is 11.3 Å². The van der Waals surface area contributed by atoms with Crippen LogP contribution in [0.25, 0.3) is 20.8 Å². The molecular formula is C29H31F3N6O4S2. The lowest BCUT2D eigenvalue weighted by Crippen LogP contribution is -2.36. The molecule has 2 saturated carbocycles. The van der Waals surface area contributed by atoms with Crippen molar-refractivity contribution in [2.75, 3.05) is 29.3 Å². The van der Waals surface area contributed by atoms with Crippen LogP contribution in [0.5, 0.6) is 0 Å². The minimum absolute atomic E-state index is 0.0824. The van der Waals surface area contributed by atoms with E-state index in [2.05, 4.69) is 20.3 Å². The number of sulfone groups is 1.